The van der Waals surface area contributed by atoms with E-state index in [0.29, 0.717) is 23.1 Å². The summed E-state index contributed by atoms with van der Waals surface area (Å²) >= 11 is 0. The lowest BCUT2D eigenvalue weighted by atomic mass is 10.0. The van der Waals surface area contributed by atoms with Crippen molar-refractivity contribution in [2.75, 3.05) is 31.1 Å². The summed E-state index contributed by atoms with van der Waals surface area (Å²) in [5, 5.41) is 8.44. The maximum atomic E-state index is 13.5. The molecule has 32 heavy (non-hydrogen) atoms. The highest BCUT2D eigenvalue weighted by Gasteiger charge is 2.43. The van der Waals surface area contributed by atoms with Crippen molar-refractivity contribution in [3.63, 3.8) is 0 Å². The normalized spacial score (nSPS) is 20.3. The van der Waals surface area contributed by atoms with Gasteiger partial charge in [-0.15, -0.1) is 0 Å². The van der Waals surface area contributed by atoms with Crippen molar-refractivity contribution < 1.29 is 9.21 Å². The summed E-state index contributed by atoms with van der Waals surface area (Å²) in [5.74, 6) is 1.58. The molecule has 0 saturated carbocycles. The number of furan rings is 1. The highest BCUT2D eigenvalue weighted by Crippen LogP contribution is 2.34. The molecule has 2 saturated heterocycles. The van der Waals surface area contributed by atoms with E-state index < -0.39 is 0 Å². The Bertz CT molecular complexity index is 1300. The van der Waals surface area contributed by atoms with Gasteiger partial charge in [0.2, 0.25) is 5.95 Å². The second kappa shape index (κ2) is 7.15. The highest BCUT2D eigenvalue weighted by molar-refractivity contribution is 5.98. The number of anilines is 1. The third-order valence-corrected chi connectivity index (χ3v) is 6.53. The van der Waals surface area contributed by atoms with E-state index in [0.717, 1.165) is 54.5 Å². The summed E-state index contributed by atoms with van der Waals surface area (Å²) in [5.41, 5.74) is 4.81. The Kier molecular flexibility index (Phi) is 4.24. The maximum Gasteiger partial charge on any atom is 0.256 e. The summed E-state index contributed by atoms with van der Waals surface area (Å²) < 4.78 is 5.47. The van der Waals surface area contributed by atoms with Crippen LogP contribution in [0.2, 0.25) is 0 Å². The predicted molar refractivity (Wildman–Crippen MR) is 118 cm³/mol. The Morgan fingerprint density at radius 3 is 2.50 bits per heavy atom. The number of hydrogen-bond acceptors (Lipinski definition) is 7. The molecule has 0 spiro atoms. The van der Waals surface area contributed by atoms with Gasteiger partial charge in [-0.3, -0.25) is 4.79 Å². The van der Waals surface area contributed by atoms with Crippen LogP contribution in [0.1, 0.15) is 21.6 Å². The minimum absolute atomic E-state index is 0.0360. The lowest BCUT2D eigenvalue weighted by molar-refractivity contribution is 0.0782. The molecule has 2 atom stereocenters. The molecule has 2 fully saturated rings. The van der Waals surface area contributed by atoms with Gasteiger partial charge in [0.1, 0.15) is 5.52 Å². The van der Waals surface area contributed by atoms with Crippen LogP contribution in [0.5, 0.6) is 0 Å². The number of likely N-dealkylation sites (tertiary alicyclic amines) is 1. The van der Waals surface area contributed by atoms with Crippen LogP contribution in [-0.4, -0.2) is 61.9 Å². The number of benzene rings is 1. The zero-order valence-electron chi connectivity index (χ0n) is 18.0. The van der Waals surface area contributed by atoms with Crippen LogP contribution >= 0.6 is 0 Å². The Balaban J connectivity index is 1.21. The van der Waals surface area contributed by atoms with Crippen LogP contribution in [-0.2, 0) is 0 Å². The van der Waals surface area contributed by atoms with E-state index in [1.165, 1.54) is 4.80 Å². The fourth-order valence-electron chi connectivity index (χ4n) is 4.96. The Labute approximate surface area is 184 Å². The topological polar surface area (TPSA) is 93.2 Å². The first-order valence-electron chi connectivity index (χ1n) is 10.8. The first kappa shape index (κ1) is 19.0. The Morgan fingerprint density at radius 2 is 1.75 bits per heavy atom. The van der Waals surface area contributed by atoms with Gasteiger partial charge in [-0.25, -0.2) is 9.97 Å². The van der Waals surface area contributed by atoms with Crippen LogP contribution in [0.4, 0.5) is 5.95 Å². The molecular weight excluding hydrogens is 406 g/mol. The summed E-state index contributed by atoms with van der Waals surface area (Å²) in [6, 6.07) is 7.69. The summed E-state index contributed by atoms with van der Waals surface area (Å²) in [6.45, 7) is 7.09. The number of aryl methyl sites for hydroxylation is 2. The summed E-state index contributed by atoms with van der Waals surface area (Å²) in [7, 11) is 0. The van der Waals surface area contributed by atoms with Crippen molar-refractivity contribution >= 4 is 23.0 Å². The van der Waals surface area contributed by atoms with Gasteiger partial charge in [-0.2, -0.15) is 15.0 Å². The standard InChI is InChI=1S/C23H23N7O2/c1-14-3-4-20(30-24-6-7-25-30)18(9-14)22(31)28-10-16-12-29(13-17(16)11-28)23-26-15(2)21-19(27-23)5-8-32-21/h3-9,16-17H,10-13H2,1-2H3/t16-,17+. The van der Waals surface area contributed by atoms with Crippen molar-refractivity contribution in [2.45, 2.75) is 13.8 Å². The third-order valence-electron chi connectivity index (χ3n) is 6.53. The number of carbonyl (C=O) groups excluding carboxylic acids is 1. The van der Waals surface area contributed by atoms with Gasteiger partial charge in [0.25, 0.3) is 5.91 Å². The van der Waals surface area contributed by atoms with Gasteiger partial charge in [0.15, 0.2) is 5.58 Å². The number of rotatable bonds is 3. The first-order chi connectivity index (χ1) is 15.6. The lowest BCUT2D eigenvalue weighted by Gasteiger charge is -2.23. The van der Waals surface area contributed by atoms with E-state index in [1.54, 1.807) is 18.7 Å². The molecule has 0 bridgehead atoms. The van der Waals surface area contributed by atoms with Gasteiger partial charge in [0.05, 0.1) is 35.6 Å². The molecule has 0 radical (unpaired) electrons. The van der Waals surface area contributed by atoms with Gasteiger partial charge in [0, 0.05) is 44.1 Å². The molecule has 5 heterocycles. The van der Waals surface area contributed by atoms with E-state index >= 15 is 0 Å². The molecule has 1 aromatic carbocycles. The zero-order chi connectivity index (χ0) is 21.8. The van der Waals surface area contributed by atoms with Crippen LogP contribution < -0.4 is 4.90 Å². The molecule has 6 rings (SSSR count). The molecule has 2 aliphatic rings. The molecule has 162 valence electrons. The molecule has 3 aromatic heterocycles. The SMILES string of the molecule is Cc1ccc(-n2nccn2)c(C(=O)N2C[C@@H]3CN(c4nc(C)c5occc5n4)C[C@@H]3C2)c1. The molecule has 4 aromatic rings. The molecule has 0 N–H and O–H groups in total. The zero-order valence-corrected chi connectivity index (χ0v) is 18.0. The van der Waals surface area contributed by atoms with Gasteiger partial charge in [-0.05, 0) is 26.0 Å². The third kappa shape index (κ3) is 3.04. The molecule has 0 unspecified atom stereocenters. The quantitative estimate of drug-likeness (QED) is 0.494. The second-order valence-electron chi connectivity index (χ2n) is 8.72. The minimum Gasteiger partial charge on any atom is -0.461 e. The predicted octanol–water partition coefficient (Wildman–Crippen LogP) is 2.63. The van der Waals surface area contributed by atoms with Crippen molar-refractivity contribution in [1.29, 1.82) is 0 Å². The Hall–Kier alpha value is -3.75. The summed E-state index contributed by atoms with van der Waals surface area (Å²) in [6.07, 6.45) is 4.89. The number of fused-ring (bicyclic) bond motifs is 2. The number of hydrogen-bond donors (Lipinski definition) is 0. The monoisotopic (exact) mass is 429 g/mol. The minimum atomic E-state index is 0.0360. The van der Waals surface area contributed by atoms with E-state index in [-0.39, 0.29) is 5.91 Å². The van der Waals surface area contributed by atoms with Crippen molar-refractivity contribution in [3.8, 4) is 5.69 Å². The number of carbonyl (C=O) groups is 1. The molecule has 1 amide bonds. The van der Waals surface area contributed by atoms with Gasteiger partial charge in [-0.1, -0.05) is 11.6 Å². The molecule has 9 nitrogen and oxygen atoms in total. The van der Waals surface area contributed by atoms with Crippen LogP contribution in [0.25, 0.3) is 16.8 Å². The maximum absolute atomic E-state index is 13.5. The molecule has 2 aliphatic heterocycles. The summed E-state index contributed by atoms with van der Waals surface area (Å²) in [4.78, 5) is 28.5. The van der Waals surface area contributed by atoms with Crippen LogP contribution in [0.3, 0.4) is 0 Å². The Morgan fingerprint density at radius 1 is 1.00 bits per heavy atom. The highest BCUT2D eigenvalue weighted by atomic mass is 16.3. The van der Waals surface area contributed by atoms with E-state index in [9.17, 15) is 4.79 Å². The van der Waals surface area contributed by atoms with E-state index in [1.807, 2.05) is 43.0 Å². The van der Waals surface area contributed by atoms with Crippen molar-refractivity contribution in [3.05, 3.63) is 59.7 Å². The van der Waals surface area contributed by atoms with Gasteiger partial charge >= 0.3 is 0 Å². The molecule has 9 heteroatoms. The van der Waals surface area contributed by atoms with Crippen molar-refractivity contribution in [1.82, 2.24) is 29.9 Å². The lowest BCUT2D eigenvalue weighted by Crippen LogP contribution is -2.34. The fourth-order valence-corrected chi connectivity index (χ4v) is 4.96. The second-order valence-corrected chi connectivity index (χ2v) is 8.72. The van der Waals surface area contributed by atoms with Crippen molar-refractivity contribution in [2.24, 2.45) is 11.8 Å². The smallest absolute Gasteiger partial charge is 0.256 e. The van der Waals surface area contributed by atoms with Crippen LogP contribution in [0.15, 0.2) is 47.3 Å². The average molecular weight is 429 g/mol. The average Bonchev–Trinajstić information content (AvgIpc) is 3.56. The number of aromatic nitrogens is 5. The molecular formula is C23H23N7O2. The van der Waals surface area contributed by atoms with Crippen LogP contribution in [0, 0.1) is 25.7 Å². The first-order valence-corrected chi connectivity index (χ1v) is 10.8. The number of amides is 1. The van der Waals surface area contributed by atoms with E-state index in [4.69, 9.17) is 4.42 Å². The number of nitrogens with zero attached hydrogens (tertiary/aromatic N) is 7. The largest absolute Gasteiger partial charge is 0.461 e. The fraction of sp³-hybridized carbons (Fsp3) is 0.348. The van der Waals surface area contributed by atoms with Gasteiger partial charge < -0.3 is 14.2 Å². The molecule has 0 aliphatic carbocycles. The van der Waals surface area contributed by atoms with E-state index in [2.05, 4.69) is 25.1 Å².